The maximum absolute atomic E-state index is 7.34. The van der Waals surface area contributed by atoms with Gasteiger partial charge in [-0.3, -0.25) is 5.41 Å². The highest BCUT2D eigenvalue weighted by molar-refractivity contribution is 5.86. The van der Waals surface area contributed by atoms with Crippen LogP contribution in [-0.2, 0) is 0 Å². The standard InChI is InChI=1S/C8H17N3/c9-7(10)8(11)5-3-1-2-4-6-8/h1-6,11H2,(H3,9,10). The SMILES string of the molecule is N=C(N)C1(N)CCCCCC1. The molecule has 3 heteroatoms. The van der Waals surface area contributed by atoms with Gasteiger partial charge in [0.05, 0.1) is 5.54 Å². The normalized spacial score (nSPS) is 24.1. The van der Waals surface area contributed by atoms with E-state index in [1.807, 2.05) is 0 Å². The lowest BCUT2D eigenvalue weighted by Crippen LogP contribution is -2.51. The molecule has 1 rings (SSSR count). The van der Waals surface area contributed by atoms with E-state index in [1.165, 1.54) is 12.8 Å². The monoisotopic (exact) mass is 155 g/mol. The summed E-state index contributed by atoms with van der Waals surface area (Å²) < 4.78 is 0. The molecule has 0 saturated heterocycles. The van der Waals surface area contributed by atoms with E-state index in [1.54, 1.807) is 0 Å². The van der Waals surface area contributed by atoms with Crippen molar-refractivity contribution in [3.05, 3.63) is 0 Å². The molecule has 1 aliphatic rings. The topological polar surface area (TPSA) is 75.9 Å². The zero-order chi connectivity index (χ0) is 8.32. The molecule has 0 aromatic carbocycles. The van der Waals surface area contributed by atoms with Gasteiger partial charge in [0.1, 0.15) is 5.84 Å². The molecule has 0 amide bonds. The van der Waals surface area contributed by atoms with Gasteiger partial charge in [0.2, 0.25) is 0 Å². The fraction of sp³-hybridized carbons (Fsp3) is 0.875. The highest BCUT2D eigenvalue weighted by Gasteiger charge is 2.28. The Balaban J connectivity index is 2.59. The van der Waals surface area contributed by atoms with Crippen LogP contribution in [0.2, 0.25) is 0 Å². The molecule has 5 N–H and O–H groups in total. The Kier molecular flexibility index (Phi) is 2.49. The molecule has 0 radical (unpaired) electrons. The van der Waals surface area contributed by atoms with Crippen LogP contribution in [0.4, 0.5) is 0 Å². The second kappa shape index (κ2) is 3.22. The summed E-state index contributed by atoms with van der Waals surface area (Å²) in [5, 5.41) is 7.34. The Hall–Kier alpha value is -0.570. The van der Waals surface area contributed by atoms with Crippen molar-refractivity contribution in [3.63, 3.8) is 0 Å². The molecule has 0 spiro atoms. The minimum atomic E-state index is -0.476. The van der Waals surface area contributed by atoms with Crippen LogP contribution in [0.25, 0.3) is 0 Å². The van der Waals surface area contributed by atoms with Gasteiger partial charge in [0.25, 0.3) is 0 Å². The number of nitrogens with one attached hydrogen (secondary N) is 1. The van der Waals surface area contributed by atoms with E-state index >= 15 is 0 Å². The molecule has 1 fully saturated rings. The summed E-state index contributed by atoms with van der Waals surface area (Å²) in [5.74, 6) is 0.166. The van der Waals surface area contributed by atoms with Crippen LogP contribution in [-0.4, -0.2) is 11.4 Å². The molecule has 0 aromatic rings. The van der Waals surface area contributed by atoms with E-state index < -0.39 is 5.54 Å². The predicted molar refractivity (Wildman–Crippen MR) is 46.5 cm³/mol. The summed E-state index contributed by atoms with van der Waals surface area (Å²) in [5.41, 5.74) is 10.9. The first-order valence-corrected chi connectivity index (χ1v) is 4.28. The van der Waals surface area contributed by atoms with Gasteiger partial charge in [-0.1, -0.05) is 25.7 Å². The van der Waals surface area contributed by atoms with E-state index in [0.29, 0.717) is 0 Å². The zero-order valence-corrected chi connectivity index (χ0v) is 6.90. The van der Waals surface area contributed by atoms with Gasteiger partial charge in [-0.05, 0) is 12.8 Å². The molecular formula is C8H17N3. The summed E-state index contributed by atoms with van der Waals surface area (Å²) >= 11 is 0. The molecule has 1 saturated carbocycles. The van der Waals surface area contributed by atoms with Crippen molar-refractivity contribution < 1.29 is 0 Å². The summed E-state index contributed by atoms with van der Waals surface area (Å²) in [6, 6.07) is 0. The highest BCUT2D eigenvalue weighted by atomic mass is 14.9. The Bertz CT molecular complexity index is 145. The van der Waals surface area contributed by atoms with Gasteiger partial charge < -0.3 is 11.5 Å². The van der Waals surface area contributed by atoms with E-state index in [4.69, 9.17) is 16.9 Å². The third-order valence-corrected chi connectivity index (χ3v) is 2.53. The van der Waals surface area contributed by atoms with Crippen LogP contribution in [0.3, 0.4) is 0 Å². The molecule has 3 nitrogen and oxygen atoms in total. The quantitative estimate of drug-likeness (QED) is 0.300. The van der Waals surface area contributed by atoms with Crippen LogP contribution >= 0.6 is 0 Å². The van der Waals surface area contributed by atoms with Gasteiger partial charge in [-0.15, -0.1) is 0 Å². The Labute approximate surface area is 67.7 Å². The Morgan fingerprint density at radius 1 is 1.09 bits per heavy atom. The van der Waals surface area contributed by atoms with Gasteiger partial charge in [0, 0.05) is 0 Å². The zero-order valence-electron chi connectivity index (χ0n) is 6.90. The fourth-order valence-corrected chi connectivity index (χ4v) is 1.63. The van der Waals surface area contributed by atoms with Gasteiger partial charge in [-0.25, -0.2) is 0 Å². The van der Waals surface area contributed by atoms with Crippen molar-refractivity contribution in [2.45, 2.75) is 44.1 Å². The maximum atomic E-state index is 7.34. The number of rotatable bonds is 1. The van der Waals surface area contributed by atoms with Crippen molar-refractivity contribution in [1.29, 1.82) is 5.41 Å². The lowest BCUT2D eigenvalue weighted by Gasteiger charge is -2.25. The van der Waals surface area contributed by atoms with E-state index in [2.05, 4.69) is 0 Å². The largest absolute Gasteiger partial charge is 0.386 e. The first kappa shape index (κ1) is 8.53. The van der Waals surface area contributed by atoms with Crippen molar-refractivity contribution in [3.8, 4) is 0 Å². The molecule has 1 aliphatic carbocycles. The van der Waals surface area contributed by atoms with E-state index in [0.717, 1.165) is 25.7 Å². The molecule has 0 aliphatic heterocycles. The van der Waals surface area contributed by atoms with Crippen LogP contribution in [0.15, 0.2) is 0 Å². The second-order valence-corrected chi connectivity index (χ2v) is 3.48. The van der Waals surface area contributed by atoms with Crippen molar-refractivity contribution >= 4 is 5.84 Å². The maximum Gasteiger partial charge on any atom is 0.111 e. The van der Waals surface area contributed by atoms with Crippen molar-refractivity contribution in [2.24, 2.45) is 11.5 Å². The van der Waals surface area contributed by atoms with E-state index in [9.17, 15) is 0 Å². The molecule has 0 atom stereocenters. The Morgan fingerprint density at radius 3 is 1.91 bits per heavy atom. The Morgan fingerprint density at radius 2 is 1.55 bits per heavy atom. The summed E-state index contributed by atoms with van der Waals surface area (Å²) in [6.45, 7) is 0. The number of nitrogens with two attached hydrogens (primary N) is 2. The fourth-order valence-electron chi connectivity index (χ4n) is 1.63. The molecule has 11 heavy (non-hydrogen) atoms. The van der Waals surface area contributed by atoms with Crippen LogP contribution in [0.5, 0.6) is 0 Å². The van der Waals surface area contributed by atoms with Crippen molar-refractivity contribution in [2.75, 3.05) is 0 Å². The lowest BCUT2D eigenvalue weighted by atomic mass is 9.90. The number of hydrogen-bond acceptors (Lipinski definition) is 2. The van der Waals surface area contributed by atoms with Gasteiger partial charge in [-0.2, -0.15) is 0 Å². The van der Waals surface area contributed by atoms with Crippen LogP contribution in [0, 0.1) is 5.41 Å². The first-order chi connectivity index (χ1) is 5.15. The van der Waals surface area contributed by atoms with Crippen molar-refractivity contribution in [1.82, 2.24) is 0 Å². The average molecular weight is 155 g/mol. The minimum absolute atomic E-state index is 0.166. The van der Waals surface area contributed by atoms with Gasteiger partial charge in [0.15, 0.2) is 0 Å². The minimum Gasteiger partial charge on any atom is -0.386 e. The summed E-state index contributed by atoms with van der Waals surface area (Å²) in [7, 11) is 0. The summed E-state index contributed by atoms with van der Waals surface area (Å²) in [6.07, 6.45) is 6.51. The molecule has 64 valence electrons. The average Bonchev–Trinajstić information content (AvgIpc) is 2.15. The lowest BCUT2D eigenvalue weighted by molar-refractivity contribution is 0.486. The molecule has 0 aromatic heterocycles. The third-order valence-electron chi connectivity index (χ3n) is 2.53. The number of hydrogen-bond donors (Lipinski definition) is 3. The summed E-state index contributed by atoms with van der Waals surface area (Å²) in [4.78, 5) is 0. The second-order valence-electron chi connectivity index (χ2n) is 3.48. The molecular weight excluding hydrogens is 138 g/mol. The van der Waals surface area contributed by atoms with Crippen LogP contribution < -0.4 is 11.5 Å². The first-order valence-electron chi connectivity index (χ1n) is 4.28. The molecule has 0 bridgehead atoms. The highest BCUT2D eigenvalue weighted by Crippen LogP contribution is 2.24. The predicted octanol–water partition coefficient (Wildman–Crippen LogP) is 0.974. The van der Waals surface area contributed by atoms with Gasteiger partial charge >= 0.3 is 0 Å². The third kappa shape index (κ3) is 1.93. The van der Waals surface area contributed by atoms with Crippen LogP contribution in [0.1, 0.15) is 38.5 Å². The number of amidine groups is 1. The molecule has 0 unspecified atom stereocenters. The smallest absolute Gasteiger partial charge is 0.111 e. The molecule has 0 heterocycles. The van der Waals surface area contributed by atoms with E-state index in [-0.39, 0.29) is 5.84 Å².